The third-order valence-corrected chi connectivity index (χ3v) is 4.64. The van der Waals surface area contributed by atoms with Crippen LogP contribution >= 0.6 is 0 Å². The number of aliphatic hydroxyl groups excluding tert-OH is 1. The first-order chi connectivity index (χ1) is 11.5. The maximum absolute atomic E-state index is 12.2. The van der Waals surface area contributed by atoms with Gasteiger partial charge >= 0.3 is 0 Å². The second-order valence-electron chi connectivity index (χ2n) is 6.62. The monoisotopic (exact) mass is 327 g/mol. The van der Waals surface area contributed by atoms with Crippen molar-refractivity contribution in [2.75, 3.05) is 13.1 Å². The van der Waals surface area contributed by atoms with Gasteiger partial charge in [-0.3, -0.25) is 4.79 Å². The van der Waals surface area contributed by atoms with Crippen LogP contribution in [0.4, 0.5) is 0 Å². The Morgan fingerprint density at radius 3 is 2.46 bits per heavy atom. The van der Waals surface area contributed by atoms with Gasteiger partial charge in [0.05, 0.1) is 17.5 Å². The molecule has 0 bridgehead atoms. The van der Waals surface area contributed by atoms with E-state index >= 15 is 0 Å². The van der Waals surface area contributed by atoms with Gasteiger partial charge in [-0.15, -0.1) is 0 Å². The van der Waals surface area contributed by atoms with Crippen LogP contribution < -0.4 is 0 Å². The summed E-state index contributed by atoms with van der Waals surface area (Å²) in [5.41, 5.74) is 4.32. The molecule has 1 fully saturated rings. The number of rotatable bonds is 4. The first-order valence-electron chi connectivity index (χ1n) is 8.61. The van der Waals surface area contributed by atoms with E-state index < -0.39 is 0 Å². The number of benzene rings is 1. The maximum atomic E-state index is 12.2. The molecule has 1 aliphatic rings. The van der Waals surface area contributed by atoms with Gasteiger partial charge in [0.25, 0.3) is 0 Å². The lowest BCUT2D eigenvalue weighted by molar-refractivity contribution is -0.133. The van der Waals surface area contributed by atoms with Crippen molar-refractivity contribution >= 4 is 5.91 Å². The van der Waals surface area contributed by atoms with E-state index in [-0.39, 0.29) is 12.0 Å². The van der Waals surface area contributed by atoms with Crippen LogP contribution in [0.5, 0.6) is 0 Å². The van der Waals surface area contributed by atoms with E-state index in [1.165, 1.54) is 0 Å². The average molecular weight is 327 g/mol. The number of piperidine rings is 1. The van der Waals surface area contributed by atoms with Gasteiger partial charge in [-0.1, -0.05) is 12.1 Å². The summed E-state index contributed by atoms with van der Waals surface area (Å²) in [7, 11) is 0. The Hall–Kier alpha value is -2.14. The topological polar surface area (TPSA) is 58.4 Å². The molecule has 0 atom stereocenters. The highest BCUT2D eigenvalue weighted by Crippen LogP contribution is 2.15. The minimum atomic E-state index is -0.240. The molecule has 1 amide bonds. The van der Waals surface area contributed by atoms with Crippen LogP contribution in [-0.2, 0) is 11.2 Å². The van der Waals surface area contributed by atoms with E-state index in [9.17, 15) is 9.90 Å². The number of aryl methyl sites for hydroxylation is 3. The van der Waals surface area contributed by atoms with Gasteiger partial charge in [-0.25, -0.2) is 4.68 Å². The second kappa shape index (κ2) is 7.18. The Balaban J connectivity index is 1.56. The van der Waals surface area contributed by atoms with Crippen molar-refractivity contribution in [1.82, 2.24) is 14.7 Å². The fourth-order valence-corrected chi connectivity index (χ4v) is 3.22. The summed E-state index contributed by atoms with van der Waals surface area (Å²) in [5.74, 6) is 0.185. The van der Waals surface area contributed by atoms with Gasteiger partial charge in [-0.05, 0) is 56.9 Å². The maximum Gasteiger partial charge on any atom is 0.222 e. The molecule has 0 aliphatic carbocycles. The number of hydrogen-bond acceptors (Lipinski definition) is 3. The predicted octanol–water partition coefficient (Wildman–Crippen LogP) is 2.41. The molecular weight excluding hydrogens is 302 g/mol. The third kappa shape index (κ3) is 3.85. The summed E-state index contributed by atoms with van der Waals surface area (Å²) in [6.07, 6.45) is 2.42. The van der Waals surface area contributed by atoms with Gasteiger partial charge in [0.15, 0.2) is 0 Å². The largest absolute Gasteiger partial charge is 0.393 e. The van der Waals surface area contributed by atoms with Crippen molar-refractivity contribution in [1.29, 1.82) is 0 Å². The molecule has 1 N–H and O–H groups in total. The van der Waals surface area contributed by atoms with Crippen molar-refractivity contribution in [2.24, 2.45) is 0 Å². The van der Waals surface area contributed by atoms with Crippen LogP contribution in [0.2, 0.25) is 0 Å². The van der Waals surface area contributed by atoms with Gasteiger partial charge in [0, 0.05) is 25.2 Å². The Bertz CT molecular complexity index is 698. The van der Waals surface area contributed by atoms with Crippen LogP contribution in [0.1, 0.15) is 36.2 Å². The summed E-state index contributed by atoms with van der Waals surface area (Å²) in [5, 5.41) is 14.0. The van der Waals surface area contributed by atoms with Crippen LogP contribution in [-0.4, -0.2) is 44.9 Å². The molecule has 24 heavy (non-hydrogen) atoms. The number of aromatic nitrogens is 2. The lowest BCUT2D eigenvalue weighted by atomic mass is 10.1. The zero-order chi connectivity index (χ0) is 17.1. The van der Waals surface area contributed by atoms with E-state index in [2.05, 4.69) is 35.4 Å². The van der Waals surface area contributed by atoms with E-state index in [1.54, 1.807) is 0 Å². The SMILES string of the molecule is Cc1cc(C)n(-c2ccc(CCC(=O)N3CCC(O)CC3)cc2)n1. The Kier molecular flexibility index (Phi) is 5.00. The molecule has 5 nitrogen and oxygen atoms in total. The van der Waals surface area contributed by atoms with Crippen molar-refractivity contribution in [3.05, 3.63) is 47.3 Å². The molecular formula is C19H25N3O2. The van der Waals surface area contributed by atoms with E-state index in [0.717, 1.165) is 29.1 Å². The van der Waals surface area contributed by atoms with E-state index in [0.29, 0.717) is 32.4 Å². The van der Waals surface area contributed by atoms with Gasteiger partial charge in [0.2, 0.25) is 5.91 Å². The first-order valence-corrected chi connectivity index (χ1v) is 8.61. The zero-order valence-corrected chi connectivity index (χ0v) is 14.4. The molecule has 2 heterocycles. The highest BCUT2D eigenvalue weighted by atomic mass is 16.3. The molecule has 1 saturated heterocycles. The van der Waals surface area contributed by atoms with Gasteiger partial charge < -0.3 is 10.0 Å². The minimum Gasteiger partial charge on any atom is -0.393 e. The normalized spacial score (nSPS) is 15.7. The average Bonchev–Trinajstić information content (AvgIpc) is 2.92. The molecule has 5 heteroatoms. The lowest BCUT2D eigenvalue weighted by Gasteiger charge is -2.29. The summed E-state index contributed by atoms with van der Waals surface area (Å²) in [6, 6.07) is 10.3. The van der Waals surface area contributed by atoms with Crippen LogP contribution in [0.3, 0.4) is 0 Å². The number of likely N-dealkylation sites (tertiary alicyclic amines) is 1. The van der Waals surface area contributed by atoms with E-state index in [4.69, 9.17) is 0 Å². The summed E-state index contributed by atoms with van der Waals surface area (Å²) in [6.45, 7) is 5.39. The number of carbonyl (C=O) groups is 1. The van der Waals surface area contributed by atoms with Crippen molar-refractivity contribution in [2.45, 2.75) is 45.6 Å². The number of nitrogens with zero attached hydrogens (tertiary/aromatic N) is 3. The quantitative estimate of drug-likeness (QED) is 0.938. The third-order valence-electron chi connectivity index (χ3n) is 4.64. The number of hydrogen-bond donors (Lipinski definition) is 1. The molecule has 1 aromatic heterocycles. The molecule has 3 rings (SSSR count). The molecule has 0 spiro atoms. The Labute approximate surface area is 142 Å². The Morgan fingerprint density at radius 2 is 1.88 bits per heavy atom. The number of amides is 1. The highest BCUT2D eigenvalue weighted by molar-refractivity contribution is 5.76. The molecule has 0 saturated carbocycles. The molecule has 1 aliphatic heterocycles. The van der Waals surface area contributed by atoms with E-state index in [1.807, 2.05) is 23.4 Å². The minimum absolute atomic E-state index is 0.185. The molecule has 0 unspecified atom stereocenters. The molecule has 0 radical (unpaired) electrons. The first kappa shape index (κ1) is 16.7. The van der Waals surface area contributed by atoms with Crippen molar-refractivity contribution < 1.29 is 9.90 Å². The summed E-state index contributed by atoms with van der Waals surface area (Å²) in [4.78, 5) is 14.1. The smallest absolute Gasteiger partial charge is 0.222 e. The van der Waals surface area contributed by atoms with Crippen LogP contribution in [0.15, 0.2) is 30.3 Å². The fraction of sp³-hybridized carbons (Fsp3) is 0.474. The highest BCUT2D eigenvalue weighted by Gasteiger charge is 2.20. The molecule has 1 aromatic carbocycles. The summed E-state index contributed by atoms with van der Waals surface area (Å²) >= 11 is 0. The van der Waals surface area contributed by atoms with Crippen LogP contribution in [0.25, 0.3) is 5.69 Å². The standard InChI is InChI=1S/C19H25N3O2/c1-14-13-15(2)22(20-14)17-6-3-16(4-7-17)5-8-19(24)21-11-9-18(23)10-12-21/h3-4,6-7,13,18,23H,5,8-12H2,1-2H3. The van der Waals surface area contributed by atoms with Crippen molar-refractivity contribution in [3.63, 3.8) is 0 Å². The zero-order valence-electron chi connectivity index (χ0n) is 14.4. The van der Waals surface area contributed by atoms with Crippen LogP contribution in [0, 0.1) is 13.8 Å². The van der Waals surface area contributed by atoms with Gasteiger partial charge in [-0.2, -0.15) is 5.10 Å². The predicted molar refractivity (Wildman–Crippen MR) is 93.2 cm³/mol. The lowest BCUT2D eigenvalue weighted by Crippen LogP contribution is -2.40. The number of carbonyl (C=O) groups excluding carboxylic acids is 1. The van der Waals surface area contributed by atoms with Crippen molar-refractivity contribution in [3.8, 4) is 5.69 Å². The Morgan fingerprint density at radius 1 is 1.21 bits per heavy atom. The second-order valence-corrected chi connectivity index (χ2v) is 6.62. The van der Waals surface area contributed by atoms with Gasteiger partial charge in [0.1, 0.15) is 0 Å². The summed E-state index contributed by atoms with van der Waals surface area (Å²) < 4.78 is 1.93. The molecule has 2 aromatic rings. The number of aliphatic hydroxyl groups is 1. The fourth-order valence-electron chi connectivity index (χ4n) is 3.22. The molecule has 128 valence electrons.